The molecule has 0 amide bonds. The summed E-state index contributed by atoms with van der Waals surface area (Å²) in [4.78, 5) is 0. The van der Waals surface area contributed by atoms with E-state index in [-0.39, 0.29) is 0 Å². The van der Waals surface area contributed by atoms with Crippen LogP contribution in [-0.2, 0) is 13.3 Å². The summed E-state index contributed by atoms with van der Waals surface area (Å²) >= 11 is 0. The van der Waals surface area contributed by atoms with E-state index in [4.69, 9.17) is 13.3 Å². The van der Waals surface area contributed by atoms with E-state index < -0.39 is 8.80 Å². The van der Waals surface area contributed by atoms with Gasteiger partial charge in [0.05, 0.1) is 0 Å². The topological polar surface area (TPSA) is 27.7 Å². The molecule has 3 aliphatic carbocycles. The summed E-state index contributed by atoms with van der Waals surface area (Å²) in [5, 5.41) is 0. The third-order valence-electron chi connectivity index (χ3n) is 6.45. The van der Waals surface area contributed by atoms with Crippen LogP contribution in [0.15, 0.2) is 11.8 Å². The summed E-state index contributed by atoms with van der Waals surface area (Å²) in [5.74, 6) is 0. The van der Waals surface area contributed by atoms with Crippen molar-refractivity contribution in [2.75, 3.05) is 0 Å². The summed E-state index contributed by atoms with van der Waals surface area (Å²) < 4.78 is 20.3. The van der Waals surface area contributed by atoms with Crippen molar-refractivity contribution in [2.45, 2.75) is 134 Å². The van der Waals surface area contributed by atoms with Crippen molar-refractivity contribution in [3.63, 3.8) is 0 Å². The minimum absolute atomic E-state index is 0.351. The number of hydrogen-bond donors (Lipinski definition) is 0. The van der Waals surface area contributed by atoms with Gasteiger partial charge in [0.1, 0.15) is 0 Å². The second-order valence-corrected chi connectivity index (χ2v) is 11.2. The molecule has 0 radical (unpaired) electrons. The molecular weight excluding hydrogens is 352 g/mol. The molecule has 3 nitrogen and oxygen atoms in total. The lowest BCUT2D eigenvalue weighted by atomic mass is 10.2. The predicted molar refractivity (Wildman–Crippen MR) is 114 cm³/mol. The molecule has 4 heteroatoms. The summed E-state index contributed by atoms with van der Waals surface area (Å²) in [5.41, 5.74) is 2.29. The van der Waals surface area contributed by atoms with Gasteiger partial charge < -0.3 is 13.3 Å². The third-order valence-corrected chi connectivity index (χ3v) is 9.08. The highest BCUT2D eigenvalue weighted by Crippen LogP contribution is 2.34. The number of hydrogen-bond acceptors (Lipinski definition) is 3. The molecule has 0 unspecified atom stereocenters. The number of rotatable bonds is 12. The average Bonchev–Trinajstić information content (AvgIpc) is 3.42. The van der Waals surface area contributed by atoms with Crippen molar-refractivity contribution in [1.82, 2.24) is 0 Å². The fourth-order valence-corrected chi connectivity index (χ4v) is 7.79. The Morgan fingerprint density at radius 1 is 0.667 bits per heavy atom. The van der Waals surface area contributed by atoms with Gasteiger partial charge in [-0.25, -0.2) is 0 Å². The first kappa shape index (κ1) is 21.5. The minimum Gasteiger partial charge on any atom is -0.367 e. The van der Waals surface area contributed by atoms with Crippen molar-refractivity contribution < 1.29 is 13.3 Å². The van der Waals surface area contributed by atoms with Crippen LogP contribution in [0.4, 0.5) is 0 Å². The summed E-state index contributed by atoms with van der Waals surface area (Å²) in [6, 6.07) is 0. The monoisotopic (exact) mass is 394 g/mol. The van der Waals surface area contributed by atoms with E-state index in [1.807, 2.05) is 0 Å². The van der Waals surface area contributed by atoms with E-state index in [9.17, 15) is 0 Å². The highest BCUT2D eigenvalue weighted by Gasteiger charge is 2.46. The van der Waals surface area contributed by atoms with Crippen molar-refractivity contribution >= 4 is 8.80 Å². The van der Waals surface area contributed by atoms with Gasteiger partial charge in [-0.15, -0.1) is 0 Å². The first-order valence-electron chi connectivity index (χ1n) is 12.0. The standard InChI is InChI=1S/C23H42O3Si/c1-2-3-4-5-6-13-20-27(24-21-14-7-8-15-21,25-22-16-9-10-17-22)26-23-18-11-12-19-23/h13,20-23H,2-12,14-19H2,1H3/b20-13-. The molecule has 0 saturated heterocycles. The number of allylic oxidation sites excluding steroid dienone is 1. The zero-order valence-electron chi connectivity index (χ0n) is 17.6. The molecule has 3 saturated carbocycles. The molecule has 3 fully saturated rings. The Morgan fingerprint density at radius 2 is 1.11 bits per heavy atom. The van der Waals surface area contributed by atoms with Gasteiger partial charge in [0.2, 0.25) is 0 Å². The van der Waals surface area contributed by atoms with Crippen LogP contribution in [0.2, 0.25) is 0 Å². The quantitative estimate of drug-likeness (QED) is 0.267. The van der Waals surface area contributed by atoms with Gasteiger partial charge in [0.15, 0.2) is 0 Å². The zero-order chi connectivity index (χ0) is 18.8. The molecule has 0 spiro atoms. The Kier molecular flexibility index (Phi) is 9.37. The largest absolute Gasteiger partial charge is 0.530 e. The van der Waals surface area contributed by atoms with Crippen LogP contribution in [0, 0.1) is 0 Å². The van der Waals surface area contributed by atoms with Gasteiger partial charge in [0, 0.05) is 18.3 Å². The fraction of sp³-hybridized carbons (Fsp3) is 0.913. The van der Waals surface area contributed by atoms with Crippen LogP contribution in [0.5, 0.6) is 0 Å². The zero-order valence-corrected chi connectivity index (χ0v) is 18.6. The minimum atomic E-state index is -2.74. The Hall–Kier alpha value is -0.163. The second-order valence-electron chi connectivity index (χ2n) is 8.93. The molecule has 0 N–H and O–H groups in total. The normalized spacial score (nSPS) is 23.3. The molecular formula is C23H42O3Si. The van der Waals surface area contributed by atoms with Crippen LogP contribution < -0.4 is 0 Å². The predicted octanol–water partition coefficient (Wildman–Crippen LogP) is 6.87. The molecule has 0 atom stereocenters. The van der Waals surface area contributed by atoms with Gasteiger partial charge in [0.25, 0.3) is 0 Å². The van der Waals surface area contributed by atoms with Gasteiger partial charge in [-0.3, -0.25) is 0 Å². The van der Waals surface area contributed by atoms with E-state index >= 15 is 0 Å². The SMILES string of the molecule is CCCCCC/C=C\[Si](OC1CCCC1)(OC1CCCC1)OC1CCCC1. The van der Waals surface area contributed by atoms with Gasteiger partial charge in [-0.05, 0) is 57.1 Å². The Labute approximate surface area is 168 Å². The number of unbranched alkanes of at least 4 members (excludes halogenated alkanes) is 4. The van der Waals surface area contributed by atoms with E-state index in [0.717, 1.165) is 6.42 Å². The highest BCUT2D eigenvalue weighted by atomic mass is 28.4. The van der Waals surface area contributed by atoms with Crippen molar-refractivity contribution in [3.05, 3.63) is 11.8 Å². The average molecular weight is 395 g/mol. The van der Waals surface area contributed by atoms with Crippen molar-refractivity contribution in [1.29, 1.82) is 0 Å². The summed E-state index contributed by atoms with van der Waals surface area (Å²) in [7, 11) is -2.74. The molecule has 156 valence electrons. The van der Waals surface area contributed by atoms with Crippen molar-refractivity contribution in [3.8, 4) is 0 Å². The lowest BCUT2D eigenvalue weighted by Gasteiger charge is -2.34. The molecule has 0 aromatic carbocycles. The second kappa shape index (κ2) is 11.7. The summed E-state index contributed by atoms with van der Waals surface area (Å²) in [6.45, 7) is 2.27. The molecule has 0 aromatic rings. The molecule has 0 bridgehead atoms. The van der Waals surface area contributed by atoms with Gasteiger partial charge >= 0.3 is 8.80 Å². The van der Waals surface area contributed by atoms with Crippen LogP contribution in [-0.4, -0.2) is 27.1 Å². The Bertz CT molecular complexity index is 376. The fourth-order valence-electron chi connectivity index (χ4n) is 4.83. The summed E-state index contributed by atoms with van der Waals surface area (Å²) in [6.07, 6.45) is 24.6. The molecule has 0 aromatic heterocycles. The lowest BCUT2D eigenvalue weighted by Crippen LogP contribution is -2.50. The molecule has 0 aliphatic heterocycles. The van der Waals surface area contributed by atoms with Crippen LogP contribution in [0.3, 0.4) is 0 Å². The lowest BCUT2D eigenvalue weighted by molar-refractivity contribution is -0.00586. The van der Waals surface area contributed by atoms with Gasteiger partial charge in [-0.2, -0.15) is 0 Å². The molecule has 0 heterocycles. The first-order chi connectivity index (χ1) is 13.3. The maximum absolute atomic E-state index is 6.76. The van der Waals surface area contributed by atoms with Crippen LogP contribution >= 0.6 is 0 Å². The Balaban J connectivity index is 1.67. The Morgan fingerprint density at radius 3 is 1.52 bits per heavy atom. The first-order valence-corrected chi connectivity index (χ1v) is 13.8. The van der Waals surface area contributed by atoms with Crippen LogP contribution in [0.1, 0.15) is 116 Å². The smallest absolute Gasteiger partial charge is 0.367 e. The van der Waals surface area contributed by atoms with Crippen molar-refractivity contribution in [2.24, 2.45) is 0 Å². The van der Waals surface area contributed by atoms with E-state index in [0.29, 0.717) is 18.3 Å². The molecule has 3 rings (SSSR count). The van der Waals surface area contributed by atoms with Gasteiger partial charge in [-0.1, -0.05) is 70.8 Å². The maximum Gasteiger partial charge on any atom is 0.530 e. The van der Waals surface area contributed by atoms with E-state index in [1.54, 1.807) is 0 Å². The molecule has 3 aliphatic rings. The van der Waals surface area contributed by atoms with E-state index in [1.165, 1.54) is 103 Å². The highest BCUT2D eigenvalue weighted by molar-refractivity contribution is 6.66. The third kappa shape index (κ3) is 7.30. The molecule has 27 heavy (non-hydrogen) atoms. The maximum atomic E-state index is 6.76. The van der Waals surface area contributed by atoms with E-state index in [2.05, 4.69) is 18.7 Å². The van der Waals surface area contributed by atoms with Crippen LogP contribution in [0.25, 0.3) is 0 Å².